The standard InChI is InChI=1S/C15H19N3OS2/c1-5-21-12-8-6-7-11(13(12)15(16)20)19-14-9(2)17-18(4)10(14)3/h6-8H,5H2,1-4H3,(H2,16,20). The lowest BCUT2D eigenvalue weighted by Gasteiger charge is -2.14. The average Bonchev–Trinajstić information content (AvgIpc) is 2.66. The molecule has 0 fully saturated rings. The van der Waals surface area contributed by atoms with Gasteiger partial charge in [-0.15, -0.1) is 11.8 Å². The summed E-state index contributed by atoms with van der Waals surface area (Å²) in [5.74, 6) is 2.39. The van der Waals surface area contributed by atoms with E-state index in [1.54, 1.807) is 16.4 Å². The van der Waals surface area contributed by atoms with Gasteiger partial charge in [-0.05, 0) is 31.7 Å². The van der Waals surface area contributed by atoms with Gasteiger partial charge in [-0.2, -0.15) is 5.10 Å². The first-order chi connectivity index (χ1) is 9.95. The quantitative estimate of drug-likeness (QED) is 0.674. The molecule has 0 aliphatic carbocycles. The number of ether oxygens (including phenoxy) is 1. The smallest absolute Gasteiger partial charge is 0.171 e. The zero-order chi connectivity index (χ0) is 15.6. The highest BCUT2D eigenvalue weighted by atomic mass is 32.2. The number of benzene rings is 1. The van der Waals surface area contributed by atoms with Crippen molar-refractivity contribution in [3.05, 3.63) is 35.2 Å². The van der Waals surface area contributed by atoms with Gasteiger partial charge in [-0.1, -0.05) is 25.2 Å². The lowest BCUT2D eigenvalue weighted by atomic mass is 10.2. The Balaban J connectivity index is 2.49. The van der Waals surface area contributed by atoms with E-state index >= 15 is 0 Å². The number of nitrogens with two attached hydrogens (primary N) is 1. The average molecular weight is 321 g/mol. The van der Waals surface area contributed by atoms with Crippen LogP contribution in [0.4, 0.5) is 0 Å². The molecule has 1 aromatic heterocycles. The molecule has 6 heteroatoms. The maximum atomic E-state index is 6.08. The zero-order valence-corrected chi connectivity index (χ0v) is 14.3. The predicted octanol–water partition coefficient (Wildman–Crippen LogP) is 3.58. The molecule has 112 valence electrons. The van der Waals surface area contributed by atoms with Crippen molar-refractivity contribution in [3.63, 3.8) is 0 Å². The molecule has 0 spiro atoms. The third-order valence-electron chi connectivity index (χ3n) is 3.19. The molecular formula is C15H19N3OS2. The second-order valence-electron chi connectivity index (χ2n) is 4.65. The van der Waals surface area contributed by atoms with Crippen molar-refractivity contribution in [2.24, 2.45) is 12.8 Å². The summed E-state index contributed by atoms with van der Waals surface area (Å²) in [5.41, 5.74) is 8.50. The summed E-state index contributed by atoms with van der Waals surface area (Å²) < 4.78 is 7.88. The van der Waals surface area contributed by atoms with E-state index in [0.29, 0.717) is 10.7 Å². The Morgan fingerprint density at radius 2 is 2.14 bits per heavy atom. The van der Waals surface area contributed by atoms with Crippen LogP contribution in [-0.2, 0) is 7.05 Å². The molecule has 2 rings (SSSR count). The van der Waals surface area contributed by atoms with Gasteiger partial charge in [0.25, 0.3) is 0 Å². The number of hydrogen-bond acceptors (Lipinski definition) is 4. The molecule has 0 radical (unpaired) electrons. The molecule has 1 heterocycles. The first-order valence-electron chi connectivity index (χ1n) is 6.69. The summed E-state index contributed by atoms with van der Waals surface area (Å²) in [6, 6.07) is 5.86. The largest absolute Gasteiger partial charge is 0.453 e. The highest BCUT2D eigenvalue weighted by Gasteiger charge is 2.17. The summed E-state index contributed by atoms with van der Waals surface area (Å²) >= 11 is 6.90. The van der Waals surface area contributed by atoms with Gasteiger partial charge < -0.3 is 10.5 Å². The van der Waals surface area contributed by atoms with Crippen LogP contribution < -0.4 is 10.5 Å². The highest BCUT2D eigenvalue weighted by molar-refractivity contribution is 7.99. The van der Waals surface area contributed by atoms with Gasteiger partial charge in [0.05, 0.1) is 11.3 Å². The van der Waals surface area contributed by atoms with E-state index in [1.165, 1.54) is 0 Å². The predicted molar refractivity (Wildman–Crippen MR) is 91.5 cm³/mol. The van der Waals surface area contributed by atoms with E-state index in [0.717, 1.165) is 33.3 Å². The van der Waals surface area contributed by atoms with E-state index < -0.39 is 0 Å². The fraction of sp³-hybridized carbons (Fsp3) is 0.333. The minimum absolute atomic E-state index is 0.348. The highest BCUT2D eigenvalue weighted by Crippen LogP contribution is 2.35. The second kappa shape index (κ2) is 6.49. The minimum Gasteiger partial charge on any atom is -0.453 e. The Bertz CT molecular complexity index is 680. The van der Waals surface area contributed by atoms with Crippen LogP contribution >= 0.6 is 24.0 Å². The lowest BCUT2D eigenvalue weighted by Crippen LogP contribution is -2.12. The summed E-state index contributed by atoms with van der Waals surface area (Å²) in [5, 5.41) is 4.36. The third-order valence-corrected chi connectivity index (χ3v) is 4.33. The van der Waals surface area contributed by atoms with Crippen LogP contribution in [0.1, 0.15) is 23.9 Å². The molecule has 4 nitrogen and oxygen atoms in total. The number of hydrogen-bond donors (Lipinski definition) is 1. The maximum Gasteiger partial charge on any atom is 0.171 e. The van der Waals surface area contributed by atoms with Crippen molar-refractivity contribution in [2.75, 3.05) is 5.75 Å². The van der Waals surface area contributed by atoms with Crippen LogP contribution in [-0.4, -0.2) is 20.5 Å². The first kappa shape index (κ1) is 15.9. The van der Waals surface area contributed by atoms with E-state index in [9.17, 15) is 0 Å². The van der Waals surface area contributed by atoms with Gasteiger partial charge in [0.15, 0.2) is 5.75 Å². The van der Waals surface area contributed by atoms with Crippen LogP contribution in [0.2, 0.25) is 0 Å². The minimum atomic E-state index is 0.348. The summed E-state index contributed by atoms with van der Waals surface area (Å²) in [7, 11) is 1.90. The molecule has 0 bridgehead atoms. The van der Waals surface area contributed by atoms with Gasteiger partial charge in [0.2, 0.25) is 0 Å². The number of nitrogens with zero attached hydrogens (tertiary/aromatic N) is 2. The monoisotopic (exact) mass is 321 g/mol. The molecule has 2 aromatic rings. The lowest BCUT2D eigenvalue weighted by molar-refractivity contribution is 0.472. The number of thioether (sulfide) groups is 1. The molecule has 0 saturated heterocycles. The Morgan fingerprint density at radius 3 is 2.67 bits per heavy atom. The SMILES string of the molecule is CCSc1cccc(Oc2c(C)nn(C)c2C)c1C(N)=S. The Labute approximate surface area is 134 Å². The second-order valence-corrected chi connectivity index (χ2v) is 6.40. The van der Waals surface area contributed by atoms with E-state index in [1.807, 2.05) is 39.1 Å². The van der Waals surface area contributed by atoms with Crippen molar-refractivity contribution < 1.29 is 4.74 Å². The summed E-state index contributed by atoms with van der Waals surface area (Å²) in [6.07, 6.45) is 0. The van der Waals surface area contributed by atoms with Gasteiger partial charge in [0.1, 0.15) is 16.4 Å². The third kappa shape index (κ3) is 3.22. The normalized spacial score (nSPS) is 10.7. The Kier molecular flexibility index (Phi) is 4.90. The number of rotatable bonds is 5. The molecule has 0 saturated carbocycles. The van der Waals surface area contributed by atoms with Gasteiger partial charge >= 0.3 is 0 Å². The van der Waals surface area contributed by atoms with Crippen molar-refractivity contribution in [1.29, 1.82) is 0 Å². The van der Waals surface area contributed by atoms with Crippen molar-refractivity contribution in [1.82, 2.24) is 9.78 Å². The van der Waals surface area contributed by atoms with Crippen molar-refractivity contribution in [3.8, 4) is 11.5 Å². The molecule has 0 unspecified atom stereocenters. The number of thiocarbonyl (C=S) groups is 1. The van der Waals surface area contributed by atoms with Crippen LogP contribution in [0.3, 0.4) is 0 Å². The molecule has 0 atom stereocenters. The molecule has 21 heavy (non-hydrogen) atoms. The van der Waals surface area contributed by atoms with Crippen LogP contribution in [0.25, 0.3) is 0 Å². The van der Waals surface area contributed by atoms with E-state index in [-0.39, 0.29) is 0 Å². The topological polar surface area (TPSA) is 53.1 Å². The molecule has 0 aliphatic rings. The van der Waals surface area contributed by atoms with E-state index in [4.69, 9.17) is 22.7 Å². The number of aromatic nitrogens is 2. The Hall–Kier alpha value is -1.53. The van der Waals surface area contributed by atoms with Crippen LogP contribution in [0, 0.1) is 13.8 Å². The fourth-order valence-electron chi connectivity index (χ4n) is 2.13. The van der Waals surface area contributed by atoms with E-state index in [2.05, 4.69) is 12.0 Å². The van der Waals surface area contributed by atoms with Gasteiger partial charge in [0, 0.05) is 11.9 Å². The summed E-state index contributed by atoms with van der Waals surface area (Å²) in [4.78, 5) is 1.39. The van der Waals surface area contributed by atoms with Gasteiger partial charge in [-0.3, -0.25) is 4.68 Å². The van der Waals surface area contributed by atoms with Gasteiger partial charge in [-0.25, -0.2) is 0 Å². The molecule has 1 aromatic carbocycles. The molecule has 2 N–H and O–H groups in total. The first-order valence-corrected chi connectivity index (χ1v) is 8.08. The van der Waals surface area contributed by atoms with Crippen molar-refractivity contribution >= 4 is 29.0 Å². The fourth-order valence-corrected chi connectivity index (χ4v) is 3.24. The molecular weight excluding hydrogens is 302 g/mol. The Morgan fingerprint density at radius 1 is 1.43 bits per heavy atom. The molecule has 0 amide bonds. The van der Waals surface area contributed by atoms with Crippen molar-refractivity contribution in [2.45, 2.75) is 25.7 Å². The number of aryl methyl sites for hydroxylation is 2. The van der Waals surface area contributed by atoms with Crippen LogP contribution in [0.15, 0.2) is 23.1 Å². The summed E-state index contributed by atoms with van der Waals surface area (Å²) in [6.45, 7) is 5.99. The zero-order valence-electron chi connectivity index (χ0n) is 12.6. The molecule has 0 aliphatic heterocycles. The van der Waals surface area contributed by atoms with Crippen LogP contribution in [0.5, 0.6) is 11.5 Å². The maximum absolute atomic E-state index is 6.08.